The molecule has 0 spiro atoms. The van der Waals surface area contributed by atoms with Gasteiger partial charge in [0.05, 0.1) is 17.3 Å². The van der Waals surface area contributed by atoms with E-state index in [2.05, 4.69) is 0 Å². The fourth-order valence-corrected chi connectivity index (χ4v) is 5.81. The van der Waals surface area contributed by atoms with Crippen LogP contribution in [0.4, 0.5) is 15.8 Å². The van der Waals surface area contributed by atoms with Gasteiger partial charge >= 0.3 is 0 Å². The topological polar surface area (TPSA) is 191 Å². The molecule has 3 aliphatic carbocycles. The number of Topliss-reactive ketones (excluding diaryl/α,β-unsaturated/α-hetero) is 2. The molecule has 8 N–H and O–H groups in total. The maximum atomic E-state index is 15.0. The second-order valence-electron chi connectivity index (χ2n) is 9.63. The van der Waals surface area contributed by atoms with Gasteiger partial charge in [-0.1, -0.05) is 0 Å². The summed E-state index contributed by atoms with van der Waals surface area (Å²) in [7, 11) is 6.11. The first kappa shape index (κ1) is 27.2. The number of aliphatic hydroxyl groups is 3. The smallest absolute Gasteiger partial charge is 0.255 e. The van der Waals surface area contributed by atoms with E-state index in [0.717, 1.165) is 0 Å². The number of aromatic hydroxyl groups is 1. The number of nitrogens with two attached hydrogens (primary N) is 2. The minimum atomic E-state index is -2.74. The van der Waals surface area contributed by atoms with Crippen LogP contribution in [0, 0.1) is 17.7 Å². The van der Waals surface area contributed by atoms with Crippen molar-refractivity contribution in [2.24, 2.45) is 17.6 Å². The van der Waals surface area contributed by atoms with Crippen LogP contribution in [0.15, 0.2) is 16.9 Å². The summed E-state index contributed by atoms with van der Waals surface area (Å²) in [5.41, 5.74) is 6.36. The number of hydrogen-bond donors (Lipinski definition) is 6. The number of benzene rings is 1. The lowest BCUT2D eigenvalue weighted by atomic mass is 9.57. The second-order valence-corrected chi connectivity index (χ2v) is 9.63. The lowest BCUT2D eigenvalue weighted by molar-refractivity contribution is -0.153. The number of fused-ring (bicyclic) bond motifs is 3. The Morgan fingerprint density at radius 2 is 1.72 bits per heavy atom. The molecule has 1 aromatic rings. The molecular weight excluding hydrogens is 499 g/mol. The summed E-state index contributed by atoms with van der Waals surface area (Å²) in [6.07, 6.45) is -0.127. The molecule has 0 radical (unpaired) electrons. The maximum Gasteiger partial charge on any atom is 0.255 e. The Labute approximate surface area is 211 Å². The van der Waals surface area contributed by atoms with Gasteiger partial charge < -0.3 is 36.8 Å². The Kier molecular flexibility index (Phi) is 6.54. The zero-order valence-electron chi connectivity index (χ0n) is 20.0. The van der Waals surface area contributed by atoms with Crippen LogP contribution in [0.3, 0.4) is 0 Å². The number of carbonyl (C=O) groups excluding carboxylic acids is 3. The van der Waals surface area contributed by atoms with E-state index in [-0.39, 0.29) is 47.6 Å². The van der Waals surface area contributed by atoms with Gasteiger partial charge in [0, 0.05) is 25.6 Å². The van der Waals surface area contributed by atoms with Crippen molar-refractivity contribution in [1.82, 2.24) is 4.90 Å². The van der Waals surface area contributed by atoms with Crippen LogP contribution < -0.4 is 16.4 Å². The fourth-order valence-electron chi connectivity index (χ4n) is 5.81. The highest BCUT2D eigenvalue weighted by Crippen LogP contribution is 2.54. The molecule has 0 bridgehead atoms. The van der Waals surface area contributed by atoms with E-state index in [9.17, 15) is 39.2 Å². The first-order chi connectivity index (χ1) is 16.2. The standard InChI is InChI=1S/C23H27FN4O7.ClH/c1-27(2)15-8-5-7-6-9-16(28(3)4)19(31)12(22(26)34)21(33)23(9,35)20(32)10(7)17(29)11(8)18(30)14(25)13(15)24;/h7,9,16,29-30,33,35H,5-6,25H2,1-4H3,(H2,26,34);1H/t7?,9?,16-,23-;/m0./s1. The van der Waals surface area contributed by atoms with Gasteiger partial charge in [0.1, 0.15) is 22.8 Å². The lowest BCUT2D eigenvalue weighted by Gasteiger charge is -2.50. The number of nitrogens with zero attached hydrogens (tertiary/aromatic N) is 2. The predicted octanol–water partition coefficient (Wildman–Crippen LogP) is 0.173. The Hall–Kier alpha value is -3.35. The molecule has 2 unspecified atom stereocenters. The number of likely N-dealkylation sites (N-methyl/N-ethyl adjacent to an activating group) is 1. The molecule has 13 heteroatoms. The number of amides is 1. The molecule has 11 nitrogen and oxygen atoms in total. The number of carbonyl (C=O) groups is 3. The van der Waals surface area contributed by atoms with Crippen molar-refractivity contribution >= 4 is 47.0 Å². The van der Waals surface area contributed by atoms with Gasteiger partial charge in [0.25, 0.3) is 5.91 Å². The van der Waals surface area contributed by atoms with Crippen LogP contribution in [0.1, 0.15) is 17.5 Å². The summed E-state index contributed by atoms with van der Waals surface area (Å²) >= 11 is 0. The van der Waals surface area contributed by atoms with E-state index in [1.165, 1.54) is 23.9 Å². The Morgan fingerprint density at radius 3 is 2.22 bits per heavy atom. The van der Waals surface area contributed by atoms with Crippen LogP contribution in [0.2, 0.25) is 0 Å². The van der Waals surface area contributed by atoms with Gasteiger partial charge in [-0.2, -0.15) is 0 Å². The quantitative estimate of drug-likeness (QED) is 0.180. The minimum absolute atomic E-state index is 0. The van der Waals surface area contributed by atoms with E-state index < -0.39 is 75.3 Å². The molecule has 1 aromatic carbocycles. The Morgan fingerprint density at radius 1 is 1.14 bits per heavy atom. The molecule has 0 aliphatic heterocycles. The number of halogens is 2. The summed E-state index contributed by atoms with van der Waals surface area (Å²) in [6.45, 7) is 0. The first-order valence-corrected chi connectivity index (χ1v) is 10.8. The van der Waals surface area contributed by atoms with Crippen LogP contribution >= 0.6 is 12.4 Å². The summed E-state index contributed by atoms with van der Waals surface area (Å²) in [5, 5.41) is 44.1. The van der Waals surface area contributed by atoms with E-state index in [1.807, 2.05) is 0 Å². The van der Waals surface area contributed by atoms with Gasteiger partial charge in [0.15, 0.2) is 23.0 Å². The third-order valence-corrected chi connectivity index (χ3v) is 7.28. The number of phenols is 1. The van der Waals surface area contributed by atoms with Crippen molar-refractivity contribution in [3.05, 3.63) is 33.8 Å². The Bertz CT molecular complexity index is 1280. The predicted molar refractivity (Wildman–Crippen MR) is 130 cm³/mol. The normalized spacial score (nSPS) is 27.4. The molecular formula is C23H28ClFN4O7. The van der Waals surface area contributed by atoms with Crippen LogP contribution in [0.25, 0.3) is 5.76 Å². The van der Waals surface area contributed by atoms with Crippen LogP contribution in [-0.4, -0.2) is 82.6 Å². The van der Waals surface area contributed by atoms with Crippen molar-refractivity contribution in [2.75, 3.05) is 38.8 Å². The number of hydrogen-bond acceptors (Lipinski definition) is 10. The molecule has 3 aliphatic rings. The summed E-state index contributed by atoms with van der Waals surface area (Å²) in [6, 6.07) is -1.20. The highest BCUT2D eigenvalue weighted by molar-refractivity contribution is 6.24. The highest BCUT2D eigenvalue weighted by atomic mass is 35.5. The first-order valence-electron chi connectivity index (χ1n) is 10.8. The van der Waals surface area contributed by atoms with Gasteiger partial charge in [0.2, 0.25) is 5.78 Å². The molecule has 196 valence electrons. The minimum Gasteiger partial charge on any atom is -0.508 e. The average Bonchev–Trinajstić information content (AvgIpc) is 2.74. The molecule has 0 saturated heterocycles. The van der Waals surface area contributed by atoms with E-state index in [4.69, 9.17) is 11.5 Å². The van der Waals surface area contributed by atoms with Gasteiger partial charge in [-0.15, -0.1) is 12.4 Å². The molecule has 1 fully saturated rings. The summed E-state index contributed by atoms with van der Waals surface area (Å²) in [4.78, 5) is 41.6. The lowest BCUT2D eigenvalue weighted by Crippen LogP contribution is -2.65. The molecule has 0 aromatic heterocycles. The third-order valence-electron chi connectivity index (χ3n) is 7.28. The van der Waals surface area contributed by atoms with Crippen molar-refractivity contribution < 1.29 is 39.2 Å². The average molecular weight is 527 g/mol. The number of primary amides is 1. The van der Waals surface area contributed by atoms with Crippen LogP contribution in [0.5, 0.6) is 5.75 Å². The molecule has 1 amide bonds. The van der Waals surface area contributed by atoms with Crippen molar-refractivity contribution in [3.63, 3.8) is 0 Å². The summed E-state index contributed by atoms with van der Waals surface area (Å²) < 4.78 is 15.0. The van der Waals surface area contributed by atoms with Crippen LogP contribution in [-0.2, 0) is 20.8 Å². The molecule has 1 saturated carbocycles. The maximum absolute atomic E-state index is 15.0. The number of nitrogen functional groups attached to an aromatic ring is 1. The zero-order chi connectivity index (χ0) is 26.3. The number of anilines is 2. The van der Waals surface area contributed by atoms with Crippen molar-refractivity contribution in [1.29, 1.82) is 0 Å². The molecule has 4 rings (SSSR count). The van der Waals surface area contributed by atoms with E-state index in [0.29, 0.717) is 0 Å². The SMILES string of the molecule is CN(C)c1c(F)c(N)c(O)c2c1CC1CC3[C@H](N(C)C)C(=O)C(C(N)=O)=C(O)[C@@]3(O)C(=O)C1=C2O.Cl. The Balaban J connectivity index is 0.00000361. The second kappa shape index (κ2) is 8.64. The van der Waals surface area contributed by atoms with Crippen molar-refractivity contribution in [3.8, 4) is 5.75 Å². The largest absolute Gasteiger partial charge is 0.508 e. The monoisotopic (exact) mass is 526 g/mol. The molecule has 0 heterocycles. The van der Waals surface area contributed by atoms with Crippen molar-refractivity contribution in [2.45, 2.75) is 24.5 Å². The molecule has 4 atom stereocenters. The number of rotatable bonds is 3. The number of aliphatic hydroxyl groups excluding tert-OH is 2. The third kappa shape index (κ3) is 3.28. The fraction of sp³-hybridized carbons (Fsp3) is 0.435. The van der Waals surface area contributed by atoms with E-state index in [1.54, 1.807) is 14.1 Å². The van der Waals surface area contributed by atoms with Gasteiger partial charge in [-0.3, -0.25) is 19.3 Å². The number of ketones is 2. The van der Waals surface area contributed by atoms with E-state index >= 15 is 0 Å². The van der Waals surface area contributed by atoms with Gasteiger partial charge in [-0.05, 0) is 38.4 Å². The molecule has 36 heavy (non-hydrogen) atoms. The summed E-state index contributed by atoms with van der Waals surface area (Å²) in [5.74, 6) is -8.89. The highest BCUT2D eigenvalue weighted by Gasteiger charge is 2.64. The number of phenolic OH excluding ortho intramolecular Hbond substituents is 1. The van der Waals surface area contributed by atoms with Gasteiger partial charge in [-0.25, -0.2) is 4.39 Å². The zero-order valence-corrected chi connectivity index (χ0v) is 20.8.